The van der Waals surface area contributed by atoms with Crippen LogP contribution in [0.2, 0.25) is 0 Å². The van der Waals surface area contributed by atoms with Gasteiger partial charge in [0.05, 0.1) is 7.11 Å². The van der Waals surface area contributed by atoms with Gasteiger partial charge in [0, 0.05) is 24.9 Å². The highest BCUT2D eigenvalue weighted by Crippen LogP contribution is 2.14. The molecular formula is C12H13F3N2O4. The fourth-order valence-electron chi connectivity index (χ4n) is 1.62. The van der Waals surface area contributed by atoms with E-state index < -0.39 is 12.1 Å². The number of hydrogen-bond donors (Lipinski definition) is 2. The molecule has 1 aliphatic rings. The van der Waals surface area contributed by atoms with Crippen molar-refractivity contribution in [3.05, 3.63) is 29.6 Å². The van der Waals surface area contributed by atoms with Gasteiger partial charge in [0.1, 0.15) is 6.04 Å². The van der Waals surface area contributed by atoms with Crippen LogP contribution in [0.5, 0.6) is 0 Å². The summed E-state index contributed by atoms with van der Waals surface area (Å²) in [5, 5.41) is 10.2. The number of carboxylic acid groups (broad SMARTS) is 1. The molecule has 2 heterocycles. The molecule has 0 fully saturated rings. The molecule has 21 heavy (non-hydrogen) atoms. The number of hydrogen-bond acceptors (Lipinski definition) is 5. The molecule has 0 saturated heterocycles. The number of aliphatic carboxylic acids is 1. The Kier molecular flexibility index (Phi) is 5.65. The van der Waals surface area contributed by atoms with Crippen LogP contribution in [0, 0.1) is 0 Å². The lowest BCUT2D eigenvalue weighted by Crippen LogP contribution is -2.42. The summed E-state index contributed by atoms with van der Waals surface area (Å²) >= 11 is 0. The average Bonchev–Trinajstić information content (AvgIpc) is 2.45. The van der Waals surface area contributed by atoms with Crippen LogP contribution in [0.3, 0.4) is 0 Å². The average molecular weight is 306 g/mol. The molecule has 0 aromatic carbocycles. The number of carbonyl (C=O) groups excluding carboxylic acids is 1. The van der Waals surface area contributed by atoms with Crippen molar-refractivity contribution < 1.29 is 32.6 Å². The third kappa shape index (κ3) is 5.03. The number of ether oxygens (including phenoxy) is 1. The number of rotatable bonds is 1. The van der Waals surface area contributed by atoms with Gasteiger partial charge in [-0.15, -0.1) is 0 Å². The molecule has 6 nitrogen and oxygen atoms in total. The van der Waals surface area contributed by atoms with Crippen LogP contribution in [0.15, 0.2) is 18.3 Å². The van der Waals surface area contributed by atoms with Crippen molar-refractivity contribution in [1.29, 1.82) is 0 Å². The smallest absolute Gasteiger partial charge is 0.475 e. The summed E-state index contributed by atoms with van der Waals surface area (Å²) in [5.74, 6) is -2.98. The minimum absolute atomic E-state index is 0.221. The Morgan fingerprint density at radius 2 is 2.10 bits per heavy atom. The normalized spacial score (nSPS) is 17.0. The second-order valence-electron chi connectivity index (χ2n) is 4.07. The SMILES string of the molecule is COC(=O)[C@H]1Cc2ncccc2CN1.O=C(O)C(F)(F)F. The maximum atomic E-state index is 11.3. The highest BCUT2D eigenvalue weighted by Gasteiger charge is 2.38. The summed E-state index contributed by atoms with van der Waals surface area (Å²) in [6.07, 6.45) is -2.72. The molecule has 0 radical (unpaired) electrons. The lowest BCUT2D eigenvalue weighted by molar-refractivity contribution is -0.192. The first-order valence-electron chi connectivity index (χ1n) is 5.79. The summed E-state index contributed by atoms with van der Waals surface area (Å²) in [7, 11) is 1.40. The largest absolute Gasteiger partial charge is 0.490 e. The summed E-state index contributed by atoms with van der Waals surface area (Å²) in [6.45, 7) is 0.683. The Morgan fingerprint density at radius 3 is 2.62 bits per heavy atom. The predicted octanol–water partition coefficient (Wildman–Crippen LogP) is 0.902. The fourth-order valence-corrected chi connectivity index (χ4v) is 1.62. The van der Waals surface area contributed by atoms with Crippen molar-refractivity contribution in [3.63, 3.8) is 0 Å². The lowest BCUT2D eigenvalue weighted by atomic mass is 10.0. The minimum atomic E-state index is -5.08. The minimum Gasteiger partial charge on any atom is -0.475 e. The second kappa shape index (κ2) is 7.02. The van der Waals surface area contributed by atoms with Gasteiger partial charge in [-0.3, -0.25) is 15.1 Å². The number of alkyl halides is 3. The van der Waals surface area contributed by atoms with E-state index in [1.54, 1.807) is 6.20 Å². The number of carboxylic acids is 1. The van der Waals surface area contributed by atoms with Crippen LogP contribution >= 0.6 is 0 Å². The van der Waals surface area contributed by atoms with Crippen molar-refractivity contribution in [2.75, 3.05) is 7.11 Å². The molecule has 2 N–H and O–H groups in total. The zero-order valence-corrected chi connectivity index (χ0v) is 11.0. The predicted molar refractivity (Wildman–Crippen MR) is 64.3 cm³/mol. The van der Waals surface area contributed by atoms with E-state index in [0.717, 1.165) is 11.3 Å². The maximum absolute atomic E-state index is 11.3. The number of esters is 1. The maximum Gasteiger partial charge on any atom is 0.490 e. The van der Waals surface area contributed by atoms with Crippen LogP contribution in [0.25, 0.3) is 0 Å². The molecule has 9 heteroatoms. The number of pyridine rings is 1. The highest BCUT2D eigenvalue weighted by atomic mass is 19.4. The van der Waals surface area contributed by atoms with Gasteiger partial charge in [0.2, 0.25) is 0 Å². The van der Waals surface area contributed by atoms with Crippen molar-refractivity contribution in [1.82, 2.24) is 10.3 Å². The molecular weight excluding hydrogens is 293 g/mol. The topological polar surface area (TPSA) is 88.5 Å². The van der Waals surface area contributed by atoms with Gasteiger partial charge in [0.25, 0.3) is 0 Å². The van der Waals surface area contributed by atoms with Crippen LogP contribution in [-0.4, -0.2) is 41.4 Å². The summed E-state index contributed by atoms with van der Waals surface area (Å²) in [6, 6.07) is 3.67. The molecule has 1 aromatic heterocycles. The molecule has 0 amide bonds. The molecule has 1 atom stereocenters. The summed E-state index contributed by atoms with van der Waals surface area (Å²) < 4.78 is 36.4. The molecule has 0 spiro atoms. The van der Waals surface area contributed by atoms with E-state index >= 15 is 0 Å². The third-order valence-electron chi connectivity index (χ3n) is 2.65. The number of methoxy groups -OCH3 is 1. The van der Waals surface area contributed by atoms with E-state index in [4.69, 9.17) is 9.90 Å². The van der Waals surface area contributed by atoms with E-state index in [1.165, 1.54) is 7.11 Å². The first-order valence-corrected chi connectivity index (χ1v) is 5.79. The molecule has 0 unspecified atom stereocenters. The zero-order chi connectivity index (χ0) is 16.0. The summed E-state index contributed by atoms with van der Waals surface area (Å²) in [5.41, 5.74) is 2.15. The monoisotopic (exact) mass is 306 g/mol. The molecule has 0 aliphatic carbocycles. The lowest BCUT2D eigenvalue weighted by Gasteiger charge is -2.22. The first-order chi connectivity index (χ1) is 9.75. The third-order valence-corrected chi connectivity index (χ3v) is 2.65. The van der Waals surface area contributed by atoms with Crippen LogP contribution in [0.4, 0.5) is 13.2 Å². The highest BCUT2D eigenvalue weighted by molar-refractivity contribution is 5.76. The zero-order valence-electron chi connectivity index (χ0n) is 11.0. The molecule has 116 valence electrons. The van der Waals surface area contributed by atoms with Crippen LogP contribution in [-0.2, 0) is 27.3 Å². The summed E-state index contributed by atoms with van der Waals surface area (Å²) in [4.78, 5) is 24.4. The van der Waals surface area contributed by atoms with Gasteiger partial charge in [-0.2, -0.15) is 13.2 Å². The van der Waals surface area contributed by atoms with Gasteiger partial charge in [-0.25, -0.2) is 4.79 Å². The van der Waals surface area contributed by atoms with Gasteiger partial charge < -0.3 is 9.84 Å². The Balaban J connectivity index is 0.000000270. The van der Waals surface area contributed by atoms with E-state index in [9.17, 15) is 18.0 Å². The number of aromatic nitrogens is 1. The molecule has 0 bridgehead atoms. The Labute approximate surface area is 117 Å². The molecule has 0 saturated carbocycles. The quantitative estimate of drug-likeness (QED) is 0.750. The van der Waals surface area contributed by atoms with Crippen molar-refractivity contribution in [2.24, 2.45) is 0 Å². The molecule has 2 rings (SSSR count). The van der Waals surface area contributed by atoms with E-state index in [1.807, 2.05) is 12.1 Å². The van der Waals surface area contributed by atoms with Crippen molar-refractivity contribution in [3.8, 4) is 0 Å². The first kappa shape index (κ1) is 16.9. The van der Waals surface area contributed by atoms with Gasteiger partial charge in [-0.1, -0.05) is 6.07 Å². The van der Waals surface area contributed by atoms with Crippen molar-refractivity contribution >= 4 is 11.9 Å². The number of halogens is 3. The number of nitrogens with zero attached hydrogens (tertiary/aromatic N) is 1. The van der Waals surface area contributed by atoms with Crippen LogP contribution in [0.1, 0.15) is 11.3 Å². The number of fused-ring (bicyclic) bond motifs is 1. The van der Waals surface area contributed by atoms with Crippen LogP contribution < -0.4 is 5.32 Å². The van der Waals surface area contributed by atoms with Crippen molar-refractivity contribution in [2.45, 2.75) is 25.2 Å². The van der Waals surface area contributed by atoms with Gasteiger partial charge >= 0.3 is 18.1 Å². The van der Waals surface area contributed by atoms with E-state index in [2.05, 4.69) is 15.0 Å². The molecule has 1 aromatic rings. The second-order valence-corrected chi connectivity index (χ2v) is 4.07. The Morgan fingerprint density at radius 1 is 1.48 bits per heavy atom. The molecule has 1 aliphatic heterocycles. The fraction of sp³-hybridized carbons (Fsp3) is 0.417. The standard InChI is InChI=1S/C10H12N2O2.C2HF3O2/c1-14-10(13)9-5-8-7(6-12-9)3-2-4-11-8;3-2(4,5)1(6)7/h2-4,9,12H,5-6H2,1H3;(H,6,7)/t9-;/m1./s1. The number of carbonyl (C=O) groups is 2. The Bertz CT molecular complexity index is 519. The Hall–Kier alpha value is -2.16. The van der Waals surface area contributed by atoms with E-state index in [-0.39, 0.29) is 12.0 Å². The number of nitrogens with one attached hydrogen (secondary N) is 1. The van der Waals surface area contributed by atoms with E-state index in [0.29, 0.717) is 13.0 Å². The van der Waals surface area contributed by atoms with Gasteiger partial charge in [-0.05, 0) is 11.6 Å². The van der Waals surface area contributed by atoms with Gasteiger partial charge in [0.15, 0.2) is 0 Å².